The number of amides is 1. The minimum absolute atomic E-state index is 0.161. The Hall–Kier alpha value is -2.22. The van der Waals surface area contributed by atoms with E-state index in [1.54, 1.807) is 11.8 Å². The second-order valence-corrected chi connectivity index (χ2v) is 7.58. The summed E-state index contributed by atoms with van der Waals surface area (Å²) < 4.78 is 12.9. The molecule has 1 aromatic heterocycles. The lowest BCUT2D eigenvalue weighted by molar-refractivity contribution is -0.131. The molecule has 0 aliphatic carbocycles. The molecule has 7 nitrogen and oxygen atoms in total. The summed E-state index contributed by atoms with van der Waals surface area (Å²) >= 11 is 1.63. The quantitative estimate of drug-likeness (QED) is 0.734. The third-order valence-corrected chi connectivity index (χ3v) is 5.92. The van der Waals surface area contributed by atoms with Crippen molar-refractivity contribution >= 4 is 17.7 Å². The molecule has 27 heavy (non-hydrogen) atoms. The fourth-order valence-electron chi connectivity index (χ4n) is 3.77. The second-order valence-electron chi connectivity index (χ2n) is 6.81. The Balaban J connectivity index is 1.36. The first-order valence-electron chi connectivity index (χ1n) is 9.33. The lowest BCUT2D eigenvalue weighted by Gasteiger charge is -2.31. The zero-order valence-corrected chi connectivity index (χ0v) is 16.5. The molecule has 8 heteroatoms. The minimum Gasteiger partial charge on any atom is -0.454 e. The Morgan fingerprint density at radius 3 is 2.74 bits per heavy atom. The van der Waals surface area contributed by atoms with Gasteiger partial charge in [0.2, 0.25) is 12.7 Å². The molecule has 3 heterocycles. The van der Waals surface area contributed by atoms with Crippen molar-refractivity contribution in [3.8, 4) is 11.5 Å². The SMILES string of the molecule is CCn1c(SC)nnc1C1CCN(C(=O)Cc2ccc3c(c2)OCO3)CC1. The molecule has 1 amide bonds. The molecule has 144 valence electrons. The van der Waals surface area contributed by atoms with Gasteiger partial charge in [-0.2, -0.15) is 0 Å². The van der Waals surface area contributed by atoms with Gasteiger partial charge in [-0.05, 0) is 43.7 Å². The molecule has 0 bridgehead atoms. The van der Waals surface area contributed by atoms with Crippen LogP contribution in [0.1, 0.15) is 37.1 Å². The highest BCUT2D eigenvalue weighted by atomic mass is 32.2. The number of fused-ring (bicyclic) bond motifs is 1. The van der Waals surface area contributed by atoms with Crippen LogP contribution in [0.15, 0.2) is 23.4 Å². The van der Waals surface area contributed by atoms with E-state index in [0.717, 1.165) is 60.5 Å². The van der Waals surface area contributed by atoms with Crippen LogP contribution in [0.3, 0.4) is 0 Å². The summed E-state index contributed by atoms with van der Waals surface area (Å²) in [4.78, 5) is 14.7. The van der Waals surface area contributed by atoms with Crippen molar-refractivity contribution in [2.75, 3.05) is 26.1 Å². The molecule has 0 unspecified atom stereocenters. The van der Waals surface area contributed by atoms with Crippen LogP contribution in [0.2, 0.25) is 0 Å². The Labute approximate surface area is 163 Å². The summed E-state index contributed by atoms with van der Waals surface area (Å²) in [5.41, 5.74) is 0.960. The molecule has 2 aliphatic heterocycles. The average Bonchev–Trinajstić information content (AvgIpc) is 3.33. The fourth-order valence-corrected chi connectivity index (χ4v) is 4.34. The number of rotatable bonds is 5. The predicted molar refractivity (Wildman–Crippen MR) is 102 cm³/mol. The summed E-state index contributed by atoms with van der Waals surface area (Å²) in [6, 6.07) is 5.71. The van der Waals surface area contributed by atoms with Gasteiger partial charge < -0.3 is 18.9 Å². The Morgan fingerprint density at radius 2 is 2.00 bits per heavy atom. The van der Waals surface area contributed by atoms with Gasteiger partial charge in [-0.1, -0.05) is 17.8 Å². The van der Waals surface area contributed by atoms with Gasteiger partial charge in [0.05, 0.1) is 6.42 Å². The maximum Gasteiger partial charge on any atom is 0.231 e. The van der Waals surface area contributed by atoms with Crippen molar-refractivity contribution in [2.45, 2.75) is 43.8 Å². The van der Waals surface area contributed by atoms with E-state index in [1.807, 2.05) is 29.4 Å². The predicted octanol–water partition coefficient (Wildman–Crippen LogP) is 2.70. The van der Waals surface area contributed by atoms with Crippen molar-refractivity contribution in [3.63, 3.8) is 0 Å². The standard InChI is InChI=1S/C19H24N4O3S/c1-3-23-18(20-21-19(23)27-2)14-6-8-22(9-7-14)17(24)11-13-4-5-15-16(10-13)26-12-25-15/h4-5,10,14H,3,6-9,11-12H2,1-2H3. The first-order valence-corrected chi connectivity index (χ1v) is 10.6. The van der Waals surface area contributed by atoms with Crippen molar-refractivity contribution in [3.05, 3.63) is 29.6 Å². The number of piperidine rings is 1. The Kier molecular flexibility index (Phi) is 5.24. The van der Waals surface area contributed by atoms with E-state index in [-0.39, 0.29) is 12.7 Å². The van der Waals surface area contributed by atoms with Gasteiger partial charge in [0, 0.05) is 25.6 Å². The number of aromatic nitrogens is 3. The van der Waals surface area contributed by atoms with Crippen molar-refractivity contribution < 1.29 is 14.3 Å². The molecule has 2 aromatic rings. The third-order valence-electron chi connectivity index (χ3n) is 5.25. The number of thioether (sulfide) groups is 1. The van der Waals surface area contributed by atoms with Crippen molar-refractivity contribution in [2.24, 2.45) is 0 Å². The van der Waals surface area contributed by atoms with Crippen molar-refractivity contribution in [1.29, 1.82) is 0 Å². The number of hydrogen-bond acceptors (Lipinski definition) is 6. The summed E-state index contributed by atoms with van der Waals surface area (Å²) in [5, 5.41) is 9.67. The Bertz CT molecular complexity index is 830. The van der Waals surface area contributed by atoms with E-state index in [1.165, 1.54) is 0 Å². The number of ether oxygens (including phenoxy) is 2. The average molecular weight is 388 g/mol. The van der Waals surface area contributed by atoms with Crippen LogP contribution in [-0.4, -0.2) is 51.7 Å². The number of likely N-dealkylation sites (tertiary alicyclic amines) is 1. The van der Waals surface area contributed by atoms with E-state index in [9.17, 15) is 4.79 Å². The summed E-state index contributed by atoms with van der Waals surface area (Å²) in [6.07, 6.45) is 4.28. The van der Waals surface area contributed by atoms with Crippen LogP contribution in [0.4, 0.5) is 0 Å². The summed E-state index contributed by atoms with van der Waals surface area (Å²) in [6.45, 7) is 4.78. The van der Waals surface area contributed by atoms with Gasteiger partial charge in [-0.3, -0.25) is 4.79 Å². The number of carbonyl (C=O) groups is 1. The zero-order chi connectivity index (χ0) is 18.8. The van der Waals surface area contributed by atoms with Gasteiger partial charge in [-0.15, -0.1) is 10.2 Å². The molecule has 0 spiro atoms. The molecule has 1 saturated heterocycles. The first kappa shape index (κ1) is 18.2. The van der Waals surface area contributed by atoms with Gasteiger partial charge in [0.25, 0.3) is 0 Å². The van der Waals surface area contributed by atoms with E-state index in [4.69, 9.17) is 9.47 Å². The molecule has 0 atom stereocenters. The zero-order valence-electron chi connectivity index (χ0n) is 15.7. The normalized spacial score (nSPS) is 16.7. The molecule has 0 radical (unpaired) electrons. The molecular weight excluding hydrogens is 364 g/mol. The van der Waals surface area contributed by atoms with Gasteiger partial charge in [0.1, 0.15) is 5.82 Å². The second kappa shape index (κ2) is 7.80. The summed E-state index contributed by atoms with van der Waals surface area (Å²) in [5.74, 6) is 3.06. The topological polar surface area (TPSA) is 69.5 Å². The van der Waals surface area contributed by atoms with Gasteiger partial charge >= 0.3 is 0 Å². The molecule has 2 aliphatic rings. The number of hydrogen-bond donors (Lipinski definition) is 0. The van der Waals surface area contributed by atoms with Crippen LogP contribution in [-0.2, 0) is 17.8 Å². The summed E-state index contributed by atoms with van der Waals surface area (Å²) in [7, 11) is 0. The molecule has 0 saturated carbocycles. The maximum absolute atomic E-state index is 12.7. The van der Waals surface area contributed by atoms with Crippen LogP contribution in [0.5, 0.6) is 11.5 Å². The number of nitrogens with zero attached hydrogens (tertiary/aromatic N) is 4. The minimum atomic E-state index is 0.161. The highest BCUT2D eigenvalue weighted by Crippen LogP contribution is 2.33. The molecule has 1 aromatic carbocycles. The van der Waals surface area contributed by atoms with Crippen LogP contribution >= 0.6 is 11.8 Å². The van der Waals surface area contributed by atoms with Crippen LogP contribution in [0.25, 0.3) is 0 Å². The van der Waals surface area contributed by atoms with Crippen LogP contribution < -0.4 is 9.47 Å². The number of benzene rings is 1. The Morgan fingerprint density at radius 1 is 1.22 bits per heavy atom. The largest absolute Gasteiger partial charge is 0.454 e. The van der Waals surface area contributed by atoms with E-state index in [2.05, 4.69) is 21.7 Å². The van der Waals surface area contributed by atoms with E-state index >= 15 is 0 Å². The highest BCUT2D eigenvalue weighted by molar-refractivity contribution is 7.98. The molecule has 1 fully saturated rings. The smallest absolute Gasteiger partial charge is 0.231 e. The molecule has 4 rings (SSSR count). The van der Waals surface area contributed by atoms with Crippen molar-refractivity contribution in [1.82, 2.24) is 19.7 Å². The lowest BCUT2D eigenvalue weighted by atomic mass is 9.95. The fraction of sp³-hybridized carbons (Fsp3) is 0.526. The molecular formula is C19H24N4O3S. The van der Waals surface area contributed by atoms with E-state index in [0.29, 0.717) is 12.3 Å². The van der Waals surface area contributed by atoms with Gasteiger partial charge in [0.15, 0.2) is 16.7 Å². The lowest BCUT2D eigenvalue weighted by Crippen LogP contribution is -2.39. The highest BCUT2D eigenvalue weighted by Gasteiger charge is 2.28. The van der Waals surface area contributed by atoms with E-state index < -0.39 is 0 Å². The first-order chi connectivity index (χ1) is 13.2. The van der Waals surface area contributed by atoms with Crippen LogP contribution in [0, 0.1) is 0 Å². The van der Waals surface area contributed by atoms with Gasteiger partial charge in [-0.25, -0.2) is 0 Å². The third kappa shape index (κ3) is 3.63. The monoisotopic (exact) mass is 388 g/mol. The molecule has 0 N–H and O–H groups in total. The maximum atomic E-state index is 12.7. The number of carbonyl (C=O) groups excluding carboxylic acids is 1.